The number of carbonyl (C=O) groups excluding carboxylic acids is 2. The first kappa shape index (κ1) is 18.8. The molecule has 0 bridgehead atoms. The van der Waals surface area contributed by atoms with Gasteiger partial charge < -0.3 is 10.2 Å². The maximum atomic E-state index is 13.1. The Labute approximate surface area is 170 Å². The number of carbonyl (C=O) groups is 2. The summed E-state index contributed by atoms with van der Waals surface area (Å²) in [5.74, 6) is -0.571. The van der Waals surface area contributed by atoms with Gasteiger partial charge in [-0.1, -0.05) is 29.8 Å². The number of nitrogens with zero attached hydrogens (tertiary/aromatic N) is 2. The number of nitro groups is 1. The minimum atomic E-state index is -0.725. The zero-order valence-corrected chi connectivity index (χ0v) is 16.6. The van der Waals surface area contributed by atoms with E-state index in [0.717, 1.165) is 5.56 Å². The molecule has 0 radical (unpaired) electrons. The quantitative estimate of drug-likeness (QED) is 0.595. The molecule has 0 unspecified atom stereocenters. The smallest absolute Gasteiger partial charge is 0.289 e. The second-order valence-electron chi connectivity index (χ2n) is 7.19. The van der Waals surface area contributed by atoms with Gasteiger partial charge in [0, 0.05) is 22.1 Å². The van der Waals surface area contributed by atoms with E-state index >= 15 is 0 Å². The molecule has 4 rings (SSSR count). The van der Waals surface area contributed by atoms with Crippen LogP contribution in [-0.2, 0) is 4.79 Å². The van der Waals surface area contributed by atoms with Crippen LogP contribution >= 0.6 is 23.4 Å². The van der Waals surface area contributed by atoms with Gasteiger partial charge in [-0.25, -0.2) is 0 Å². The zero-order valence-electron chi connectivity index (χ0n) is 15.0. The fourth-order valence-electron chi connectivity index (χ4n) is 3.75. The van der Waals surface area contributed by atoms with Crippen LogP contribution in [0.5, 0.6) is 0 Å². The maximum absolute atomic E-state index is 13.1. The van der Waals surface area contributed by atoms with Gasteiger partial charge in [0.15, 0.2) is 0 Å². The van der Waals surface area contributed by atoms with E-state index in [1.165, 1.54) is 18.2 Å². The van der Waals surface area contributed by atoms with Gasteiger partial charge >= 0.3 is 0 Å². The van der Waals surface area contributed by atoms with Gasteiger partial charge in [0.25, 0.3) is 11.6 Å². The minimum Gasteiger partial charge on any atom is -0.324 e. The molecule has 2 amide bonds. The second-order valence-corrected chi connectivity index (χ2v) is 9.33. The molecular weight excluding hydrogens is 402 g/mol. The van der Waals surface area contributed by atoms with Crippen LogP contribution in [0.15, 0.2) is 42.5 Å². The van der Waals surface area contributed by atoms with Crippen molar-refractivity contribution in [2.45, 2.75) is 30.0 Å². The third-order valence-corrected chi connectivity index (χ3v) is 6.81. The molecule has 2 atom stereocenters. The van der Waals surface area contributed by atoms with Crippen molar-refractivity contribution >= 4 is 46.6 Å². The van der Waals surface area contributed by atoms with Crippen molar-refractivity contribution in [3.63, 3.8) is 0 Å². The van der Waals surface area contributed by atoms with Gasteiger partial charge in [-0.2, -0.15) is 0 Å². The van der Waals surface area contributed by atoms with E-state index in [-0.39, 0.29) is 27.7 Å². The molecule has 0 aliphatic carbocycles. The van der Waals surface area contributed by atoms with Crippen molar-refractivity contribution in [2.24, 2.45) is 0 Å². The molecule has 1 N–H and O–H groups in total. The Bertz CT molecular complexity index is 1030. The lowest BCUT2D eigenvalue weighted by molar-refractivity contribution is -0.384. The summed E-state index contributed by atoms with van der Waals surface area (Å²) in [6.45, 7) is 3.83. The fourth-order valence-corrected chi connectivity index (χ4v) is 5.52. The number of fused-ring (bicyclic) bond motifs is 3. The normalized spacial score (nSPS) is 22.0. The first-order valence-electron chi connectivity index (χ1n) is 8.55. The Hall–Kier alpha value is -2.58. The van der Waals surface area contributed by atoms with Gasteiger partial charge in [0.05, 0.1) is 4.92 Å². The van der Waals surface area contributed by atoms with Crippen molar-refractivity contribution in [2.75, 3.05) is 5.32 Å². The highest BCUT2D eigenvalue weighted by Gasteiger charge is 2.57. The van der Waals surface area contributed by atoms with E-state index in [0.29, 0.717) is 5.56 Å². The molecule has 9 heteroatoms. The summed E-state index contributed by atoms with van der Waals surface area (Å²) in [5.41, 5.74) is 1.48. The van der Waals surface area contributed by atoms with Crippen LogP contribution in [0.25, 0.3) is 0 Å². The molecule has 2 aliphatic rings. The van der Waals surface area contributed by atoms with Crippen LogP contribution in [0.4, 0.5) is 11.4 Å². The molecule has 2 heterocycles. The third-order valence-electron chi connectivity index (χ3n) is 4.96. The molecular formula is C19H16ClN3O4S. The molecule has 1 fully saturated rings. The lowest BCUT2D eigenvalue weighted by Crippen LogP contribution is -2.50. The van der Waals surface area contributed by atoms with E-state index in [4.69, 9.17) is 11.6 Å². The van der Waals surface area contributed by atoms with Crippen LogP contribution in [0.2, 0.25) is 5.02 Å². The molecule has 2 aliphatic heterocycles. The van der Waals surface area contributed by atoms with Gasteiger partial charge in [-0.05, 0) is 37.6 Å². The molecule has 144 valence electrons. The highest BCUT2D eigenvalue weighted by atomic mass is 35.5. The summed E-state index contributed by atoms with van der Waals surface area (Å²) in [4.78, 5) is 38.2. The van der Waals surface area contributed by atoms with Crippen LogP contribution in [-0.4, -0.2) is 32.4 Å². The third kappa shape index (κ3) is 2.84. The summed E-state index contributed by atoms with van der Waals surface area (Å²) < 4.78 is -0.531. The van der Waals surface area contributed by atoms with Gasteiger partial charge in [0.1, 0.15) is 16.4 Å². The summed E-state index contributed by atoms with van der Waals surface area (Å²) in [6, 6.07) is 10.7. The number of hydrogen-bond donors (Lipinski definition) is 1. The van der Waals surface area contributed by atoms with E-state index in [1.54, 1.807) is 28.8 Å². The van der Waals surface area contributed by atoms with E-state index < -0.39 is 21.6 Å². The molecule has 0 spiro atoms. The first-order valence-corrected chi connectivity index (χ1v) is 9.80. The molecule has 2 aromatic rings. The van der Waals surface area contributed by atoms with Gasteiger partial charge in [-0.15, -0.1) is 11.8 Å². The minimum absolute atomic E-state index is 0.00927. The lowest BCUT2D eigenvalue weighted by Gasteiger charge is -2.29. The highest BCUT2D eigenvalue weighted by Crippen LogP contribution is 2.56. The second kappa shape index (κ2) is 6.49. The monoisotopic (exact) mass is 417 g/mol. The van der Waals surface area contributed by atoms with Crippen LogP contribution < -0.4 is 5.32 Å². The molecule has 1 saturated heterocycles. The van der Waals surface area contributed by atoms with Crippen LogP contribution in [0, 0.1) is 10.1 Å². The molecule has 2 aromatic carbocycles. The van der Waals surface area contributed by atoms with Gasteiger partial charge in [0.2, 0.25) is 5.91 Å². The summed E-state index contributed by atoms with van der Waals surface area (Å²) >= 11 is 7.39. The number of hydrogen-bond acceptors (Lipinski definition) is 5. The first-order chi connectivity index (χ1) is 13.2. The number of rotatable bonds is 3. The predicted octanol–water partition coefficient (Wildman–Crippen LogP) is 4.24. The SMILES string of the molecule is CC1(C)S[C@@H]2c3ccccc3C(=O)N2[C@H]1C(=O)Nc1ccc(Cl)c([N+](=O)[O-])c1. The number of anilines is 1. The number of amides is 2. The molecule has 0 aromatic heterocycles. The van der Waals surface area contributed by atoms with Crippen molar-refractivity contribution in [1.29, 1.82) is 0 Å². The Kier molecular flexibility index (Phi) is 4.35. The van der Waals surface area contributed by atoms with Crippen molar-refractivity contribution in [3.05, 3.63) is 68.7 Å². The zero-order chi connectivity index (χ0) is 20.2. The number of nitro benzene ring substituents is 1. The van der Waals surface area contributed by atoms with Crippen LogP contribution in [0.3, 0.4) is 0 Å². The molecule has 0 saturated carbocycles. The average molecular weight is 418 g/mol. The van der Waals surface area contributed by atoms with Crippen LogP contribution in [0.1, 0.15) is 35.1 Å². The van der Waals surface area contributed by atoms with E-state index in [1.807, 2.05) is 26.0 Å². The Balaban J connectivity index is 1.65. The lowest BCUT2D eigenvalue weighted by atomic mass is 10.0. The van der Waals surface area contributed by atoms with Crippen molar-refractivity contribution in [3.8, 4) is 0 Å². The molecule has 7 nitrogen and oxygen atoms in total. The number of halogens is 1. The Morgan fingerprint density at radius 1 is 1.29 bits per heavy atom. The van der Waals surface area contributed by atoms with E-state index in [9.17, 15) is 19.7 Å². The standard InChI is InChI=1S/C19H16ClN3O4S/c1-19(2)15(16(24)21-10-7-8-13(20)14(9-10)23(26)27)22-17(25)11-5-3-4-6-12(11)18(22)28-19/h3-9,15,18H,1-2H3,(H,21,24)/t15-,18+/m0/s1. The summed E-state index contributed by atoms with van der Waals surface area (Å²) in [5, 5.41) is 13.6. The highest BCUT2D eigenvalue weighted by molar-refractivity contribution is 8.01. The number of nitrogens with one attached hydrogen (secondary N) is 1. The average Bonchev–Trinajstić information content (AvgIpc) is 3.06. The largest absolute Gasteiger partial charge is 0.324 e. The van der Waals surface area contributed by atoms with Crippen molar-refractivity contribution < 1.29 is 14.5 Å². The van der Waals surface area contributed by atoms with Crippen molar-refractivity contribution in [1.82, 2.24) is 4.90 Å². The number of benzene rings is 2. The maximum Gasteiger partial charge on any atom is 0.289 e. The Morgan fingerprint density at radius 2 is 2.00 bits per heavy atom. The molecule has 28 heavy (non-hydrogen) atoms. The fraction of sp³-hybridized carbons (Fsp3) is 0.263. The number of thioether (sulfide) groups is 1. The summed E-state index contributed by atoms with van der Waals surface area (Å²) in [6.07, 6.45) is 0. The topological polar surface area (TPSA) is 92.6 Å². The summed E-state index contributed by atoms with van der Waals surface area (Å²) in [7, 11) is 0. The Morgan fingerprint density at radius 3 is 2.71 bits per heavy atom. The van der Waals surface area contributed by atoms with Gasteiger partial charge in [-0.3, -0.25) is 19.7 Å². The predicted molar refractivity (Wildman–Crippen MR) is 108 cm³/mol. The van der Waals surface area contributed by atoms with E-state index in [2.05, 4.69) is 5.32 Å².